The summed E-state index contributed by atoms with van der Waals surface area (Å²) < 4.78 is 0. The lowest BCUT2D eigenvalue weighted by molar-refractivity contribution is -0.0559. The van der Waals surface area contributed by atoms with Gasteiger partial charge >= 0.3 is 0 Å². The molecule has 14 heavy (non-hydrogen) atoms. The van der Waals surface area contributed by atoms with Crippen molar-refractivity contribution in [3.63, 3.8) is 0 Å². The van der Waals surface area contributed by atoms with Gasteiger partial charge in [-0.05, 0) is 43.9 Å². The lowest BCUT2D eigenvalue weighted by Gasteiger charge is -2.39. The van der Waals surface area contributed by atoms with Crippen molar-refractivity contribution in [3.8, 4) is 0 Å². The largest absolute Gasteiger partial charge is 0.389 e. The molecule has 0 bridgehead atoms. The molecule has 2 saturated carbocycles. The maximum Gasteiger partial charge on any atom is 0.0774 e. The molecule has 1 heterocycles. The molecule has 0 amide bonds. The van der Waals surface area contributed by atoms with E-state index in [2.05, 4.69) is 4.90 Å². The zero-order valence-corrected chi connectivity index (χ0v) is 8.91. The number of fused-ring (bicyclic) bond motifs is 1. The van der Waals surface area contributed by atoms with E-state index in [9.17, 15) is 5.11 Å². The van der Waals surface area contributed by atoms with Crippen molar-refractivity contribution in [1.82, 2.24) is 4.90 Å². The van der Waals surface area contributed by atoms with E-state index in [0.717, 1.165) is 31.2 Å². The van der Waals surface area contributed by atoms with Gasteiger partial charge in [0, 0.05) is 19.6 Å². The van der Waals surface area contributed by atoms with Gasteiger partial charge in [-0.15, -0.1) is 0 Å². The van der Waals surface area contributed by atoms with Crippen LogP contribution in [0.1, 0.15) is 38.5 Å². The fourth-order valence-corrected chi connectivity index (χ4v) is 3.62. The molecular weight excluding hydrogens is 174 g/mol. The molecule has 2 nitrogen and oxygen atoms in total. The molecule has 3 rings (SSSR count). The minimum absolute atomic E-state index is 0.293. The summed E-state index contributed by atoms with van der Waals surface area (Å²) in [6, 6.07) is 0. The Bertz CT molecular complexity index is 212. The highest BCUT2D eigenvalue weighted by Gasteiger charge is 2.41. The van der Waals surface area contributed by atoms with Crippen LogP contribution in [0.5, 0.6) is 0 Å². The van der Waals surface area contributed by atoms with Crippen molar-refractivity contribution in [2.24, 2.45) is 11.8 Å². The van der Waals surface area contributed by atoms with Gasteiger partial charge in [0.25, 0.3) is 0 Å². The van der Waals surface area contributed by atoms with Crippen LogP contribution in [0.25, 0.3) is 0 Å². The number of hydrogen-bond acceptors (Lipinski definition) is 2. The standard InChI is InChI=1S/C12H21NO/c14-12(5-2-6-12)9-13-7-10-3-1-4-11(10)8-13/h10-11,14H,1-9H2. The van der Waals surface area contributed by atoms with Gasteiger partial charge in [-0.2, -0.15) is 0 Å². The summed E-state index contributed by atoms with van der Waals surface area (Å²) in [7, 11) is 0. The zero-order chi connectivity index (χ0) is 9.60. The number of rotatable bonds is 2. The molecule has 2 heteroatoms. The molecule has 0 aromatic rings. The van der Waals surface area contributed by atoms with Crippen LogP contribution in [-0.4, -0.2) is 35.2 Å². The Balaban J connectivity index is 1.55. The average Bonchev–Trinajstić information content (AvgIpc) is 2.60. The topological polar surface area (TPSA) is 23.5 Å². The van der Waals surface area contributed by atoms with Crippen molar-refractivity contribution in [1.29, 1.82) is 0 Å². The summed E-state index contributed by atoms with van der Waals surface area (Å²) >= 11 is 0. The Kier molecular flexibility index (Phi) is 2.10. The molecule has 2 atom stereocenters. The maximum atomic E-state index is 10.1. The van der Waals surface area contributed by atoms with Crippen molar-refractivity contribution < 1.29 is 5.11 Å². The van der Waals surface area contributed by atoms with E-state index in [0.29, 0.717) is 0 Å². The minimum atomic E-state index is -0.293. The van der Waals surface area contributed by atoms with Crippen LogP contribution in [0, 0.1) is 11.8 Å². The second-order valence-corrected chi connectivity index (χ2v) is 5.72. The first-order valence-corrected chi connectivity index (χ1v) is 6.20. The summed E-state index contributed by atoms with van der Waals surface area (Å²) in [5.41, 5.74) is -0.293. The SMILES string of the molecule is OC1(CN2CC3CCCC3C2)CCC1. The summed E-state index contributed by atoms with van der Waals surface area (Å²) in [5, 5.41) is 10.1. The number of nitrogens with zero attached hydrogens (tertiary/aromatic N) is 1. The van der Waals surface area contributed by atoms with Crippen molar-refractivity contribution >= 4 is 0 Å². The lowest BCUT2D eigenvalue weighted by Crippen LogP contribution is -2.47. The molecule has 3 fully saturated rings. The predicted octanol–water partition coefficient (Wildman–Crippen LogP) is 1.63. The van der Waals surface area contributed by atoms with Gasteiger partial charge in [0.2, 0.25) is 0 Å². The highest BCUT2D eigenvalue weighted by Crippen LogP contribution is 2.40. The van der Waals surface area contributed by atoms with E-state index < -0.39 is 0 Å². The van der Waals surface area contributed by atoms with Gasteiger partial charge in [0.1, 0.15) is 0 Å². The third kappa shape index (κ3) is 1.49. The van der Waals surface area contributed by atoms with Crippen LogP contribution in [-0.2, 0) is 0 Å². The van der Waals surface area contributed by atoms with E-state index in [4.69, 9.17) is 0 Å². The number of likely N-dealkylation sites (tertiary alicyclic amines) is 1. The van der Waals surface area contributed by atoms with E-state index in [1.807, 2.05) is 0 Å². The molecule has 3 aliphatic rings. The Morgan fingerprint density at radius 1 is 1.07 bits per heavy atom. The van der Waals surface area contributed by atoms with Crippen molar-refractivity contribution in [2.75, 3.05) is 19.6 Å². The predicted molar refractivity (Wildman–Crippen MR) is 56.1 cm³/mol. The summed E-state index contributed by atoms with van der Waals surface area (Å²) in [5.74, 6) is 1.94. The fraction of sp³-hybridized carbons (Fsp3) is 1.00. The summed E-state index contributed by atoms with van der Waals surface area (Å²) in [6.07, 6.45) is 7.65. The van der Waals surface area contributed by atoms with Gasteiger partial charge in [-0.3, -0.25) is 4.90 Å². The molecule has 2 aliphatic carbocycles. The lowest BCUT2D eigenvalue weighted by atomic mass is 9.80. The van der Waals surface area contributed by atoms with Crippen LogP contribution in [0.2, 0.25) is 0 Å². The van der Waals surface area contributed by atoms with Gasteiger partial charge < -0.3 is 5.11 Å². The van der Waals surface area contributed by atoms with Gasteiger partial charge in [0.05, 0.1) is 5.60 Å². The Hall–Kier alpha value is -0.0800. The summed E-state index contributed by atoms with van der Waals surface area (Å²) in [4.78, 5) is 2.52. The normalized spacial score (nSPS) is 40.9. The Morgan fingerprint density at radius 2 is 1.71 bits per heavy atom. The van der Waals surface area contributed by atoms with Crippen LogP contribution in [0.3, 0.4) is 0 Å². The highest BCUT2D eigenvalue weighted by atomic mass is 16.3. The molecule has 2 unspecified atom stereocenters. The molecule has 1 saturated heterocycles. The molecule has 0 radical (unpaired) electrons. The highest BCUT2D eigenvalue weighted by molar-refractivity contribution is 4.95. The van der Waals surface area contributed by atoms with Crippen LogP contribution < -0.4 is 0 Å². The van der Waals surface area contributed by atoms with Crippen molar-refractivity contribution in [2.45, 2.75) is 44.1 Å². The first-order valence-electron chi connectivity index (χ1n) is 6.20. The van der Waals surface area contributed by atoms with Crippen LogP contribution >= 0.6 is 0 Å². The van der Waals surface area contributed by atoms with E-state index in [1.165, 1.54) is 38.8 Å². The van der Waals surface area contributed by atoms with Gasteiger partial charge in [-0.1, -0.05) is 6.42 Å². The molecule has 0 spiro atoms. The maximum absolute atomic E-state index is 10.1. The quantitative estimate of drug-likeness (QED) is 0.724. The summed E-state index contributed by atoms with van der Waals surface area (Å²) in [6.45, 7) is 3.50. The Morgan fingerprint density at radius 3 is 2.21 bits per heavy atom. The third-order valence-electron chi connectivity index (χ3n) is 4.60. The third-order valence-corrected chi connectivity index (χ3v) is 4.60. The van der Waals surface area contributed by atoms with Crippen LogP contribution in [0.4, 0.5) is 0 Å². The molecule has 1 aliphatic heterocycles. The molecule has 0 aromatic heterocycles. The first kappa shape index (κ1) is 9.17. The smallest absolute Gasteiger partial charge is 0.0774 e. The van der Waals surface area contributed by atoms with Crippen LogP contribution in [0.15, 0.2) is 0 Å². The fourth-order valence-electron chi connectivity index (χ4n) is 3.62. The minimum Gasteiger partial charge on any atom is -0.389 e. The first-order chi connectivity index (χ1) is 6.75. The van der Waals surface area contributed by atoms with E-state index in [-0.39, 0.29) is 5.60 Å². The van der Waals surface area contributed by atoms with Crippen molar-refractivity contribution in [3.05, 3.63) is 0 Å². The second-order valence-electron chi connectivity index (χ2n) is 5.72. The molecular formula is C12H21NO. The molecule has 1 N–H and O–H groups in total. The Labute approximate surface area is 86.3 Å². The van der Waals surface area contributed by atoms with E-state index >= 15 is 0 Å². The number of β-amino-alcohol motifs (C(OH)–C–C–N with tert-alkyl or cyclic N) is 1. The zero-order valence-electron chi connectivity index (χ0n) is 8.91. The number of hydrogen-bond donors (Lipinski definition) is 1. The number of aliphatic hydroxyl groups is 1. The monoisotopic (exact) mass is 195 g/mol. The van der Waals surface area contributed by atoms with E-state index in [1.54, 1.807) is 0 Å². The molecule has 80 valence electrons. The van der Waals surface area contributed by atoms with Gasteiger partial charge in [0.15, 0.2) is 0 Å². The second kappa shape index (κ2) is 3.21. The van der Waals surface area contributed by atoms with Gasteiger partial charge in [-0.25, -0.2) is 0 Å². The molecule has 0 aromatic carbocycles. The average molecular weight is 195 g/mol.